The molecule has 2 heterocycles. The van der Waals surface area contributed by atoms with Gasteiger partial charge in [-0.25, -0.2) is 9.97 Å². The van der Waals surface area contributed by atoms with Crippen molar-refractivity contribution in [1.29, 1.82) is 0 Å². The van der Waals surface area contributed by atoms with Crippen molar-refractivity contribution in [3.8, 4) is 11.3 Å². The van der Waals surface area contributed by atoms with Gasteiger partial charge in [-0.15, -0.1) is 4.31 Å². The molecule has 168 valence electrons. The summed E-state index contributed by atoms with van der Waals surface area (Å²) in [5, 5.41) is 0.587. The van der Waals surface area contributed by atoms with E-state index in [2.05, 4.69) is 9.97 Å². The average Bonchev–Trinajstić information content (AvgIpc) is 2.96. The predicted octanol–water partition coefficient (Wildman–Crippen LogP) is 5.13. The van der Waals surface area contributed by atoms with Gasteiger partial charge in [-0.2, -0.15) is 13.2 Å². The Kier molecular flexibility index (Phi) is 6.10. The van der Waals surface area contributed by atoms with Gasteiger partial charge >= 0.3 is 6.18 Å². The van der Waals surface area contributed by atoms with E-state index in [1.165, 1.54) is 10.4 Å². The number of benzene rings is 2. The fourth-order valence-electron chi connectivity index (χ4n) is 3.77. The van der Waals surface area contributed by atoms with E-state index in [1.807, 2.05) is 12.1 Å². The minimum atomic E-state index is -4.62. The first-order chi connectivity index (χ1) is 15.1. The number of nitrogens with zero attached hydrogens (tertiary/aromatic N) is 3. The maximum Gasteiger partial charge on any atom is 0.416 e. The van der Waals surface area contributed by atoms with Crippen LogP contribution in [0.15, 0.2) is 53.4 Å². The summed E-state index contributed by atoms with van der Waals surface area (Å²) in [5.41, 5.74) is 2.12. The summed E-state index contributed by atoms with van der Waals surface area (Å²) in [7, 11) is -4.11. The third kappa shape index (κ3) is 4.56. The van der Waals surface area contributed by atoms with Crippen LogP contribution in [0, 0.1) is 6.92 Å². The second-order valence-corrected chi connectivity index (χ2v) is 9.86. The quantitative estimate of drug-likeness (QED) is 0.486. The summed E-state index contributed by atoms with van der Waals surface area (Å²) < 4.78 is 66.7. The van der Waals surface area contributed by atoms with E-state index in [1.54, 1.807) is 19.1 Å². The molecule has 0 saturated carbocycles. The lowest BCUT2D eigenvalue weighted by molar-refractivity contribution is -0.137. The van der Waals surface area contributed by atoms with Gasteiger partial charge < -0.3 is 4.55 Å². The largest absolute Gasteiger partial charge is 0.593 e. The van der Waals surface area contributed by atoms with Crippen LogP contribution < -0.4 is 0 Å². The predicted molar refractivity (Wildman–Crippen MR) is 115 cm³/mol. The smallest absolute Gasteiger partial charge is 0.416 e. The molecule has 0 aliphatic carbocycles. The maximum atomic E-state index is 13.1. The lowest BCUT2D eigenvalue weighted by atomic mass is 10.0. The Hall–Kier alpha value is -2.33. The van der Waals surface area contributed by atoms with Crippen molar-refractivity contribution in [2.75, 3.05) is 13.1 Å². The lowest BCUT2D eigenvalue weighted by Gasteiger charge is -2.26. The van der Waals surface area contributed by atoms with Gasteiger partial charge in [0.05, 0.1) is 11.3 Å². The van der Waals surface area contributed by atoms with E-state index in [4.69, 9.17) is 11.6 Å². The topological polar surface area (TPSA) is 69.2 Å². The summed E-state index contributed by atoms with van der Waals surface area (Å²) in [4.78, 5) is 8.69. The molecule has 0 amide bonds. The number of halogens is 4. The van der Waals surface area contributed by atoms with Crippen molar-refractivity contribution >= 4 is 22.0 Å². The zero-order valence-corrected chi connectivity index (χ0v) is 18.6. The molecule has 0 radical (unpaired) electrons. The molecule has 32 heavy (non-hydrogen) atoms. The van der Waals surface area contributed by atoms with Crippen LogP contribution in [-0.2, 0) is 33.6 Å². The van der Waals surface area contributed by atoms with Crippen LogP contribution in [-0.4, -0.2) is 31.9 Å². The molecular formula is C22H19ClF3N3O2S. The molecular weight excluding hydrogens is 463 g/mol. The Labute approximate surface area is 189 Å². The normalized spacial score (nSPS) is 16.8. The zero-order valence-electron chi connectivity index (χ0n) is 17.0. The molecule has 3 aromatic rings. The van der Waals surface area contributed by atoms with E-state index in [-0.39, 0.29) is 18.0 Å². The monoisotopic (exact) mass is 481 g/mol. The van der Waals surface area contributed by atoms with Crippen LogP contribution in [0.4, 0.5) is 13.2 Å². The Balaban J connectivity index is 1.66. The first-order valence-electron chi connectivity index (χ1n) is 9.85. The molecule has 0 fully saturated rings. The highest BCUT2D eigenvalue weighted by Gasteiger charge is 2.36. The molecule has 10 heteroatoms. The number of hydrogen-bond acceptors (Lipinski definition) is 4. The van der Waals surface area contributed by atoms with Gasteiger partial charge in [0, 0.05) is 47.4 Å². The van der Waals surface area contributed by atoms with Crippen molar-refractivity contribution < 1.29 is 21.9 Å². The van der Waals surface area contributed by atoms with Gasteiger partial charge in [0.1, 0.15) is 5.82 Å². The maximum absolute atomic E-state index is 13.1. The minimum Gasteiger partial charge on any atom is -0.593 e. The second kappa shape index (κ2) is 8.55. The van der Waals surface area contributed by atoms with Crippen LogP contribution in [0.2, 0.25) is 5.02 Å². The lowest BCUT2D eigenvalue weighted by Crippen LogP contribution is -2.38. The number of hydrogen-bond donors (Lipinski definition) is 0. The Morgan fingerprint density at radius 1 is 1.06 bits per heavy atom. The minimum absolute atomic E-state index is 0.110. The van der Waals surface area contributed by atoms with Crippen molar-refractivity contribution in [3.05, 3.63) is 76.2 Å². The van der Waals surface area contributed by atoms with E-state index in [0.29, 0.717) is 35.4 Å². The van der Waals surface area contributed by atoms with Gasteiger partial charge in [-0.05, 0) is 37.6 Å². The standard InChI is InChI=1S/C22H19ClF3N3O2S/c1-14-27-20-10-12-29(32(30,31)18-4-2-3-16(13-18)22(24,25)26)11-9-19(20)21(28-14)15-5-7-17(23)8-6-15/h2-8,13H,9-12H2,1H3. The van der Waals surface area contributed by atoms with Crippen molar-refractivity contribution in [2.45, 2.75) is 30.8 Å². The van der Waals surface area contributed by atoms with Crippen LogP contribution in [0.3, 0.4) is 0 Å². The number of alkyl halides is 3. The van der Waals surface area contributed by atoms with Crippen LogP contribution in [0.25, 0.3) is 11.3 Å². The number of aryl methyl sites for hydroxylation is 1. The summed E-state index contributed by atoms with van der Waals surface area (Å²) >= 11 is 5.99. The van der Waals surface area contributed by atoms with E-state index < -0.39 is 22.1 Å². The van der Waals surface area contributed by atoms with Gasteiger partial charge in [-0.1, -0.05) is 34.0 Å². The van der Waals surface area contributed by atoms with Crippen molar-refractivity contribution in [1.82, 2.24) is 14.3 Å². The Morgan fingerprint density at radius 2 is 1.75 bits per heavy atom. The molecule has 0 bridgehead atoms. The summed E-state index contributed by atoms with van der Waals surface area (Å²) in [5.74, 6) is 0.558. The summed E-state index contributed by atoms with van der Waals surface area (Å²) in [6.07, 6.45) is -3.95. The molecule has 4 rings (SSSR count). The van der Waals surface area contributed by atoms with Crippen LogP contribution >= 0.6 is 11.6 Å². The van der Waals surface area contributed by atoms with Crippen molar-refractivity contribution in [3.63, 3.8) is 0 Å². The highest BCUT2D eigenvalue weighted by molar-refractivity contribution is 7.95. The number of fused-ring (bicyclic) bond motifs is 1. The zero-order chi connectivity index (χ0) is 23.1. The number of sulfonamides is 1. The summed E-state index contributed by atoms with van der Waals surface area (Å²) in [6.45, 7) is 1.99. The fourth-order valence-corrected chi connectivity index (χ4v) is 5.38. The van der Waals surface area contributed by atoms with E-state index in [9.17, 15) is 21.9 Å². The highest BCUT2D eigenvalue weighted by atomic mass is 35.5. The van der Waals surface area contributed by atoms with Gasteiger partial charge in [0.25, 0.3) is 0 Å². The molecule has 0 saturated heterocycles. The molecule has 1 aliphatic heterocycles. The highest BCUT2D eigenvalue weighted by Crippen LogP contribution is 2.34. The van der Waals surface area contributed by atoms with Gasteiger partial charge in [-0.3, -0.25) is 0 Å². The van der Waals surface area contributed by atoms with Crippen molar-refractivity contribution in [2.24, 2.45) is 0 Å². The summed E-state index contributed by atoms with van der Waals surface area (Å²) in [6, 6.07) is 11.0. The second-order valence-electron chi connectivity index (χ2n) is 7.48. The SMILES string of the molecule is Cc1nc2c(c(-c3ccc(Cl)cc3)n1)CCN([S+](=O)([O-])c1cccc(C(F)(F)F)c1)CC2. The number of aromatic nitrogens is 2. The molecule has 1 atom stereocenters. The molecule has 0 spiro atoms. The van der Waals surface area contributed by atoms with Crippen LogP contribution in [0.1, 0.15) is 22.6 Å². The third-order valence-electron chi connectivity index (χ3n) is 5.33. The Bertz CT molecular complexity index is 1200. The van der Waals surface area contributed by atoms with E-state index in [0.717, 1.165) is 29.0 Å². The van der Waals surface area contributed by atoms with E-state index >= 15 is 0 Å². The van der Waals surface area contributed by atoms with Gasteiger partial charge in [0.2, 0.25) is 0 Å². The molecule has 1 aliphatic rings. The fraction of sp³-hybridized carbons (Fsp3) is 0.273. The van der Waals surface area contributed by atoms with Gasteiger partial charge in [0.15, 0.2) is 15.3 Å². The molecule has 1 aromatic heterocycles. The third-order valence-corrected chi connectivity index (χ3v) is 7.48. The molecule has 2 aromatic carbocycles. The molecule has 5 nitrogen and oxygen atoms in total. The average molecular weight is 482 g/mol. The number of rotatable bonds is 3. The molecule has 1 unspecified atom stereocenters. The Morgan fingerprint density at radius 3 is 2.44 bits per heavy atom. The first kappa shape index (κ1) is 22.8. The first-order valence-corrected chi connectivity index (χ1v) is 11.7. The molecule has 0 N–H and O–H groups in total. The van der Waals surface area contributed by atoms with Crippen LogP contribution in [0.5, 0.6) is 0 Å².